The highest BCUT2D eigenvalue weighted by Crippen LogP contribution is 2.22. The Bertz CT molecular complexity index is 930. The maximum absolute atomic E-state index is 13.4. The van der Waals surface area contributed by atoms with E-state index in [1.54, 1.807) is 32.4 Å². The van der Waals surface area contributed by atoms with Gasteiger partial charge in [0.1, 0.15) is 0 Å². The molecule has 0 bridgehead atoms. The standard InChI is InChI=1S/C19H18F2N4O2/c1-12(13-5-6-15(20)16(21)10-13)25(2)18(26)8-7-17-23-19(24-27-17)14-4-3-9-22-11-14/h3-6,9-12H,7-8H2,1-2H3/t12-/m0/s1. The van der Waals surface area contributed by atoms with Crippen molar-refractivity contribution in [2.75, 3.05) is 7.05 Å². The van der Waals surface area contributed by atoms with Gasteiger partial charge in [-0.25, -0.2) is 8.78 Å². The van der Waals surface area contributed by atoms with Gasteiger partial charge in [-0.2, -0.15) is 4.98 Å². The molecule has 27 heavy (non-hydrogen) atoms. The third-order valence-corrected chi connectivity index (χ3v) is 4.34. The number of halogens is 2. The van der Waals surface area contributed by atoms with E-state index in [9.17, 15) is 13.6 Å². The molecule has 2 heterocycles. The second-order valence-corrected chi connectivity index (χ2v) is 6.11. The minimum absolute atomic E-state index is 0.152. The van der Waals surface area contributed by atoms with Crippen LogP contribution in [0.1, 0.15) is 30.8 Å². The van der Waals surface area contributed by atoms with Crippen LogP contribution in [0.5, 0.6) is 0 Å². The molecule has 2 aromatic heterocycles. The number of nitrogens with zero attached hydrogens (tertiary/aromatic N) is 4. The van der Waals surface area contributed by atoms with Gasteiger partial charge in [-0.05, 0) is 36.8 Å². The molecule has 0 aliphatic carbocycles. The lowest BCUT2D eigenvalue weighted by atomic mass is 10.1. The van der Waals surface area contributed by atoms with Crippen molar-refractivity contribution in [2.45, 2.75) is 25.8 Å². The van der Waals surface area contributed by atoms with Crippen molar-refractivity contribution in [3.63, 3.8) is 0 Å². The second kappa shape index (κ2) is 8.03. The molecule has 0 saturated carbocycles. The molecule has 0 radical (unpaired) electrons. The summed E-state index contributed by atoms with van der Waals surface area (Å²) in [6.45, 7) is 1.75. The summed E-state index contributed by atoms with van der Waals surface area (Å²) in [4.78, 5) is 22.1. The fourth-order valence-corrected chi connectivity index (χ4v) is 2.57. The molecule has 0 N–H and O–H groups in total. The number of carbonyl (C=O) groups is 1. The molecule has 3 aromatic rings. The molecule has 1 amide bonds. The van der Waals surface area contributed by atoms with E-state index >= 15 is 0 Å². The summed E-state index contributed by atoms with van der Waals surface area (Å²) in [5.74, 6) is -1.27. The summed E-state index contributed by atoms with van der Waals surface area (Å²) >= 11 is 0. The molecule has 1 atom stereocenters. The van der Waals surface area contributed by atoms with Gasteiger partial charge in [-0.3, -0.25) is 9.78 Å². The lowest BCUT2D eigenvalue weighted by Gasteiger charge is -2.25. The normalized spacial score (nSPS) is 12.0. The van der Waals surface area contributed by atoms with Crippen LogP contribution in [0.2, 0.25) is 0 Å². The minimum atomic E-state index is -0.936. The van der Waals surface area contributed by atoms with E-state index in [4.69, 9.17) is 4.52 Å². The van der Waals surface area contributed by atoms with E-state index in [0.717, 1.165) is 17.7 Å². The van der Waals surface area contributed by atoms with Crippen molar-refractivity contribution >= 4 is 5.91 Å². The first-order chi connectivity index (χ1) is 13.0. The van der Waals surface area contributed by atoms with Gasteiger partial charge >= 0.3 is 0 Å². The predicted octanol–water partition coefficient (Wildman–Crippen LogP) is 3.56. The van der Waals surface area contributed by atoms with Gasteiger partial charge in [0, 0.05) is 37.8 Å². The summed E-state index contributed by atoms with van der Waals surface area (Å²) in [5, 5.41) is 3.88. The lowest BCUT2D eigenvalue weighted by Crippen LogP contribution is -2.30. The molecule has 0 spiro atoms. The number of amides is 1. The average molecular weight is 372 g/mol. The number of pyridine rings is 1. The first kappa shape index (κ1) is 18.6. The summed E-state index contributed by atoms with van der Waals surface area (Å²) in [7, 11) is 1.61. The van der Waals surface area contributed by atoms with Gasteiger partial charge < -0.3 is 9.42 Å². The summed E-state index contributed by atoms with van der Waals surface area (Å²) in [6, 6.07) is 6.79. The fraction of sp³-hybridized carbons (Fsp3) is 0.263. The molecular formula is C19H18F2N4O2. The first-order valence-corrected chi connectivity index (χ1v) is 8.39. The maximum atomic E-state index is 13.4. The van der Waals surface area contributed by atoms with Gasteiger partial charge in [-0.15, -0.1) is 0 Å². The van der Waals surface area contributed by atoms with Crippen LogP contribution in [-0.4, -0.2) is 33.0 Å². The Morgan fingerprint density at radius 1 is 1.26 bits per heavy atom. The smallest absolute Gasteiger partial charge is 0.227 e. The van der Waals surface area contributed by atoms with Crippen molar-refractivity contribution in [3.05, 3.63) is 65.8 Å². The molecule has 0 fully saturated rings. The number of hydrogen-bond acceptors (Lipinski definition) is 5. The van der Waals surface area contributed by atoms with Gasteiger partial charge in [0.15, 0.2) is 11.6 Å². The third-order valence-electron chi connectivity index (χ3n) is 4.34. The second-order valence-electron chi connectivity index (χ2n) is 6.11. The number of carbonyl (C=O) groups excluding carboxylic acids is 1. The maximum Gasteiger partial charge on any atom is 0.227 e. The molecule has 3 rings (SSSR count). The zero-order valence-corrected chi connectivity index (χ0v) is 14.9. The zero-order chi connectivity index (χ0) is 19.4. The molecule has 140 valence electrons. The largest absolute Gasteiger partial charge is 0.339 e. The molecule has 0 unspecified atom stereocenters. The highest BCUT2D eigenvalue weighted by Gasteiger charge is 2.19. The Balaban J connectivity index is 1.60. The van der Waals surface area contributed by atoms with Crippen molar-refractivity contribution in [1.82, 2.24) is 20.0 Å². The Hall–Kier alpha value is -3.16. The number of hydrogen-bond donors (Lipinski definition) is 0. The summed E-state index contributed by atoms with van der Waals surface area (Å²) < 4.78 is 31.6. The lowest BCUT2D eigenvalue weighted by molar-refractivity contribution is -0.131. The van der Waals surface area contributed by atoms with Crippen molar-refractivity contribution in [3.8, 4) is 11.4 Å². The highest BCUT2D eigenvalue weighted by molar-refractivity contribution is 5.76. The number of benzene rings is 1. The fourth-order valence-electron chi connectivity index (χ4n) is 2.57. The number of aromatic nitrogens is 3. The Kier molecular flexibility index (Phi) is 5.54. The molecule has 8 heteroatoms. The van der Waals surface area contributed by atoms with E-state index < -0.39 is 17.7 Å². The average Bonchev–Trinajstić information content (AvgIpc) is 3.17. The topological polar surface area (TPSA) is 72.1 Å². The first-order valence-electron chi connectivity index (χ1n) is 8.39. The molecular weight excluding hydrogens is 354 g/mol. The van der Waals surface area contributed by atoms with E-state index in [1.807, 2.05) is 6.07 Å². The van der Waals surface area contributed by atoms with Crippen LogP contribution in [0.25, 0.3) is 11.4 Å². The molecule has 1 aromatic carbocycles. The van der Waals surface area contributed by atoms with E-state index in [-0.39, 0.29) is 18.7 Å². The predicted molar refractivity (Wildman–Crippen MR) is 93.4 cm³/mol. The zero-order valence-electron chi connectivity index (χ0n) is 14.9. The molecule has 0 aliphatic rings. The Labute approximate surface area is 154 Å². The quantitative estimate of drug-likeness (QED) is 0.662. The van der Waals surface area contributed by atoms with Crippen molar-refractivity contribution in [1.29, 1.82) is 0 Å². The Morgan fingerprint density at radius 2 is 2.07 bits per heavy atom. The van der Waals surface area contributed by atoms with Crippen LogP contribution in [0.4, 0.5) is 8.78 Å². The van der Waals surface area contributed by atoms with Gasteiger partial charge in [-0.1, -0.05) is 11.2 Å². The van der Waals surface area contributed by atoms with Crippen molar-refractivity contribution in [2.24, 2.45) is 0 Å². The minimum Gasteiger partial charge on any atom is -0.339 e. The van der Waals surface area contributed by atoms with Crippen LogP contribution in [-0.2, 0) is 11.2 Å². The van der Waals surface area contributed by atoms with Crippen LogP contribution < -0.4 is 0 Å². The van der Waals surface area contributed by atoms with Gasteiger partial charge in [0.25, 0.3) is 0 Å². The molecule has 0 saturated heterocycles. The Morgan fingerprint density at radius 3 is 2.78 bits per heavy atom. The van der Waals surface area contributed by atoms with Crippen molar-refractivity contribution < 1.29 is 18.1 Å². The number of aryl methyl sites for hydroxylation is 1. The van der Waals surface area contributed by atoms with E-state index in [2.05, 4.69) is 15.1 Å². The van der Waals surface area contributed by atoms with Crippen LogP contribution in [0.15, 0.2) is 47.2 Å². The SMILES string of the molecule is C[C@@H](c1ccc(F)c(F)c1)N(C)C(=O)CCc1nc(-c2cccnc2)no1. The van der Waals surface area contributed by atoms with Gasteiger partial charge in [0.05, 0.1) is 6.04 Å². The highest BCUT2D eigenvalue weighted by atomic mass is 19.2. The van der Waals surface area contributed by atoms with Crippen LogP contribution in [0, 0.1) is 11.6 Å². The number of rotatable bonds is 6. The third kappa shape index (κ3) is 4.33. The summed E-state index contributed by atoms with van der Waals surface area (Å²) in [5.41, 5.74) is 1.24. The van der Waals surface area contributed by atoms with E-state index in [0.29, 0.717) is 17.3 Å². The molecule has 6 nitrogen and oxygen atoms in total. The van der Waals surface area contributed by atoms with Crippen LogP contribution in [0.3, 0.4) is 0 Å². The summed E-state index contributed by atoms with van der Waals surface area (Å²) in [6.07, 6.45) is 3.70. The van der Waals surface area contributed by atoms with E-state index in [1.165, 1.54) is 11.0 Å². The van der Waals surface area contributed by atoms with Crippen LogP contribution >= 0.6 is 0 Å². The molecule has 0 aliphatic heterocycles. The monoisotopic (exact) mass is 372 g/mol. The van der Waals surface area contributed by atoms with Gasteiger partial charge in [0.2, 0.25) is 17.6 Å².